The Labute approximate surface area is 180 Å². The van der Waals surface area contributed by atoms with Crippen LogP contribution in [0.25, 0.3) is 22.2 Å². The Morgan fingerprint density at radius 3 is 2.68 bits per heavy atom. The van der Waals surface area contributed by atoms with Gasteiger partial charge in [0.05, 0.1) is 12.8 Å². The summed E-state index contributed by atoms with van der Waals surface area (Å²) in [6.45, 7) is -0.567. The smallest absolute Gasteiger partial charge is 0.351 e. The van der Waals surface area contributed by atoms with Crippen LogP contribution in [0.1, 0.15) is 10.4 Å². The van der Waals surface area contributed by atoms with Gasteiger partial charge in [-0.3, -0.25) is 10.1 Å². The Morgan fingerprint density at radius 2 is 1.90 bits per heavy atom. The number of benzene rings is 2. The highest BCUT2D eigenvalue weighted by Crippen LogP contribution is 2.26. The average Bonchev–Trinajstić information content (AvgIpc) is 3.25. The lowest BCUT2D eigenvalue weighted by Gasteiger charge is -2.05. The molecule has 8 nitrogen and oxygen atoms in total. The van der Waals surface area contributed by atoms with Crippen molar-refractivity contribution in [3.8, 4) is 17.0 Å². The van der Waals surface area contributed by atoms with Crippen molar-refractivity contribution < 1.29 is 23.5 Å². The number of methoxy groups -OCH3 is 1. The van der Waals surface area contributed by atoms with E-state index in [0.717, 1.165) is 11.3 Å². The second-order valence-electron chi connectivity index (χ2n) is 6.38. The number of fused-ring (bicyclic) bond motifs is 1. The number of carbonyl (C=O) groups is 2. The molecular formula is C22H16N2O6S. The number of esters is 1. The summed E-state index contributed by atoms with van der Waals surface area (Å²) in [7, 11) is 1.59. The Balaban J connectivity index is 1.37. The fourth-order valence-corrected chi connectivity index (χ4v) is 3.53. The number of aromatic nitrogens is 1. The Bertz CT molecular complexity index is 1310. The van der Waals surface area contributed by atoms with Gasteiger partial charge in [-0.15, -0.1) is 11.3 Å². The molecule has 1 N–H and O–H groups in total. The molecule has 2 aromatic heterocycles. The largest absolute Gasteiger partial charge is 0.497 e. The molecule has 0 aliphatic carbocycles. The quantitative estimate of drug-likeness (QED) is 0.362. The maximum absolute atomic E-state index is 12.2. The van der Waals surface area contributed by atoms with Crippen molar-refractivity contribution in [2.24, 2.45) is 0 Å². The average molecular weight is 436 g/mol. The first-order valence-corrected chi connectivity index (χ1v) is 10.0. The molecule has 0 fully saturated rings. The van der Waals surface area contributed by atoms with E-state index < -0.39 is 24.1 Å². The number of carbonyl (C=O) groups excluding carboxylic acids is 2. The van der Waals surface area contributed by atoms with Crippen molar-refractivity contribution >= 4 is 39.3 Å². The minimum Gasteiger partial charge on any atom is -0.497 e. The zero-order valence-corrected chi connectivity index (χ0v) is 17.1. The van der Waals surface area contributed by atoms with Gasteiger partial charge in [0.25, 0.3) is 5.91 Å². The second kappa shape index (κ2) is 8.80. The van der Waals surface area contributed by atoms with E-state index in [1.165, 1.54) is 17.4 Å². The minimum absolute atomic E-state index is 0.275. The van der Waals surface area contributed by atoms with Crippen LogP contribution in [-0.2, 0) is 9.53 Å². The zero-order chi connectivity index (χ0) is 21.8. The number of ether oxygens (including phenoxy) is 2. The molecule has 9 heteroatoms. The van der Waals surface area contributed by atoms with Gasteiger partial charge in [0.15, 0.2) is 11.7 Å². The number of para-hydroxylation sites is 1. The number of amides is 1. The van der Waals surface area contributed by atoms with E-state index in [-0.39, 0.29) is 5.56 Å². The van der Waals surface area contributed by atoms with E-state index in [2.05, 4.69) is 10.3 Å². The predicted molar refractivity (Wildman–Crippen MR) is 115 cm³/mol. The normalized spacial score (nSPS) is 10.6. The molecule has 4 aromatic rings. The van der Waals surface area contributed by atoms with Gasteiger partial charge in [0.2, 0.25) is 0 Å². The van der Waals surface area contributed by atoms with Crippen LogP contribution in [0.15, 0.2) is 69.2 Å². The van der Waals surface area contributed by atoms with Crippen LogP contribution >= 0.6 is 11.3 Å². The van der Waals surface area contributed by atoms with Crippen molar-refractivity contribution in [1.29, 1.82) is 0 Å². The summed E-state index contributed by atoms with van der Waals surface area (Å²) in [5.41, 5.74) is 0.814. The number of thiazole rings is 1. The first-order chi connectivity index (χ1) is 15.0. The second-order valence-corrected chi connectivity index (χ2v) is 7.23. The van der Waals surface area contributed by atoms with Crippen molar-refractivity contribution in [2.75, 3.05) is 19.0 Å². The SMILES string of the molecule is COc1ccc(-c2csc(NC(=O)COC(=O)c3cc4ccccc4oc3=O)n2)cc1. The molecule has 0 radical (unpaired) electrons. The van der Waals surface area contributed by atoms with E-state index in [4.69, 9.17) is 13.9 Å². The van der Waals surface area contributed by atoms with E-state index in [9.17, 15) is 14.4 Å². The highest BCUT2D eigenvalue weighted by molar-refractivity contribution is 7.14. The number of hydrogen-bond acceptors (Lipinski definition) is 8. The highest BCUT2D eigenvalue weighted by Gasteiger charge is 2.17. The molecule has 0 saturated carbocycles. The summed E-state index contributed by atoms with van der Waals surface area (Å²) >= 11 is 1.24. The van der Waals surface area contributed by atoms with E-state index in [1.54, 1.807) is 36.8 Å². The van der Waals surface area contributed by atoms with Crippen LogP contribution in [-0.4, -0.2) is 30.6 Å². The van der Waals surface area contributed by atoms with Crippen molar-refractivity contribution in [3.05, 3.63) is 76.0 Å². The lowest BCUT2D eigenvalue weighted by molar-refractivity contribution is -0.119. The van der Waals surface area contributed by atoms with Crippen molar-refractivity contribution in [3.63, 3.8) is 0 Å². The molecule has 0 aliphatic rings. The number of anilines is 1. The van der Waals surface area contributed by atoms with Crippen molar-refractivity contribution in [1.82, 2.24) is 4.98 Å². The number of hydrogen-bond donors (Lipinski definition) is 1. The zero-order valence-electron chi connectivity index (χ0n) is 16.3. The Morgan fingerprint density at radius 1 is 1.13 bits per heavy atom. The first kappa shape index (κ1) is 20.3. The third kappa shape index (κ3) is 4.62. The summed E-state index contributed by atoms with van der Waals surface area (Å²) in [6.07, 6.45) is 0. The van der Waals surface area contributed by atoms with Crippen LogP contribution in [0.3, 0.4) is 0 Å². The summed E-state index contributed by atoms with van der Waals surface area (Å²) in [6, 6.07) is 15.5. The fourth-order valence-electron chi connectivity index (χ4n) is 2.79. The predicted octanol–water partition coefficient (Wildman–Crippen LogP) is 3.72. The summed E-state index contributed by atoms with van der Waals surface area (Å²) in [5, 5.41) is 5.30. The van der Waals surface area contributed by atoms with Gasteiger partial charge in [-0.05, 0) is 36.4 Å². The van der Waals surface area contributed by atoms with Crippen LogP contribution in [0.2, 0.25) is 0 Å². The van der Waals surface area contributed by atoms with E-state index >= 15 is 0 Å². The van der Waals surface area contributed by atoms with Crippen LogP contribution in [0, 0.1) is 0 Å². The third-order valence-electron chi connectivity index (χ3n) is 4.33. The lowest BCUT2D eigenvalue weighted by atomic mass is 10.2. The molecule has 2 aromatic carbocycles. The van der Waals surface area contributed by atoms with Gasteiger partial charge in [-0.1, -0.05) is 18.2 Å². The molecule has 4 rings (SSSR count). The molecule has 156 valence electrons. The topological polar surface area (TPSA) is 108 Å². The van der Waals surface area contributed by atoms with Gasteiger partial charge >= 0.3 is 11.6 Å². The van der Waals surface area contributed by atoms with E-state index in [1.807, 2.05) is 24.3 Å². The summed E-state index contributed by atoms with van der Waals surface area (Å²) in [5.74, 6) is -0.781. The fraction of sp³-hybridized carbons (Fsp3) is 0.0909. The van der Waals surface area contributed by atoms with E-state index in [0.29, 0.717) is 21.8 Å². The number of nitrogens with one attached hydrogen (secondary N) is 1. The van der Waals surface area contributed by atoms with Crippen molar-refractivity contribution in [2.45, 2.75) is 0 Å². The molecule has 1 amide bonds. The molecule has 2 heterocycles. The molecule has 0 aliphatic heterocycles. The lowest BCUT2D eigenvalue weighted by Crippen LogP contribution is -2.23. The summed E-state index contributed by atoms with van der Waals surface area (Å²) in [4.78, 5) is 40.7. The molecule has 0 unspecified atom stereocenters. The summed E-state index contributed by atoms with van der Waals surface area (Å²) < 4.78 is 15.2. The molecule has 0 saturated heterocycles. The monoisotopic (exact) mass is 436 g/mol. The van der Waals surface area contributed by atoms with Gasteiger partial charge in [-0.2, -0.15) is 0 Å². The Kier molecular flexibility index (Phi) is 5.76. The van der Waals surface area contributed by atoms with Gasteiger partial charge < -0.3 is 13.9 Å². The first-order valence-electron chi connectivity index (χ1n) is 9.13. The van der Waals surface area contributed by atoms with Crippen LogP contribution < -0.4 is 15.7 Å². The molecular weight excluding hydrogens is 420 g/mol. The minimum atomic E-state index is -0.937. The molecule has 0 bridgehead atoms. The molecule has 31 heavy (non-hydrogen) atoms. The van der Waals surface area contributed by atoms with Crippen LogP contribution in [0.4, 0.5) is 5.13 Å². The van der Waals surface area contributed by atoms with Gasteiger partial charge in [0, 0.05) is 16.3 Å². The maximum atomic E-state index is 12.2. The Hall–Kier alpha value is -3.98. The number of rotatable bonds is 6. The third-order valence-corrected chi connectivity index (χ3v) is 5.09. The standard InChI is InChI=1S/C22H16N2O6S/c1-28-15-8-6-13(7-9-15)17-12-31-22(23-17)24-19(25)11-29-20(26)16-10-14-4-2-3-5-18(14)30-21(16)27/h2-10,12H,11H2,1H3,(H,23,24,25). The maximum Gasteiger partial charge on any atom is 0.351 e. The highest BCUT2D eigenvalue weighted by atomic mass is 32.1. The molecule has 0 spiro atoms. The van der Waals surface area contributed by atoms with Gasteiger partial charge in [-0.25, -0.2) is 14.6 Å². The van der Waals surface area contributed by atoms with Crippen LogP contribution in [0.5, 0.6) is 5.75 Å². The molecule has 0 atom stereocenters. The van der Waals surface area contributed by atoms with Gasteiger partial charge in [0.1, 0.15) is 16.9 Å². The number of nitrogens with zero attached hydrogens (tertiary/aromatic N) is 1.